The summed E-state index contributed by atoms with van der Waals surface area (Å²) in [6.07, 6.45) is 7.13. The molecule has 1 saturated carbocycles. The number of rotatable bonds is 7. The number of thiophene rings is 1. The zero-order valence-corrected chi connectivity index (χ0v) is 21.5. The molecular weight excluding hydrogens is 501 g/mol. The summed E-state index contributed by atoms with van der Waals surface area (Å²) in [6.45, 7) is 3.97. The summed E-state index contributed by atoms with van der Waals surface area (Å²) in [5.41, 5.74) is 7.48. The van der Waals surface area contributed by atoms with E-state index in [4.69, 9.17) is 26.9 Å². The lowest BCUT2D eigenvalue weighted by Crippen LogP contribution is -2.26. The van der Waals surface area contributed by atoms with E-state index in [1.165, 1.54) is 37.3 Å². The molecule has 2 fully saturated rings. The average molecular weight is 530 g/mol. The van der Waals surface area contributed by atoms with Crippen molar-refractivity contribution in [3.05, 3.63) is 63.2 Å². The number of nitrogens with zero attached hydrogens (tertiary/aromatic N) is 2. The number of aryl methyl sites for hydroxylation is 1. The number of hydrogen-bond donors (Lipinski definition) is 1. The Hall–Kier alpha value is -2.68. The Bertz CT molecular complexity index is 1280. The summed E-state index contributed by atoms with van der Waals surface area (Å²) < 4.78 is 20.3. The van der Waals surface area contributed by atoms with Gasteiger partial charge < -0.3 is 20.2 Å². The fourth-order valence-corrected chi connectivity index (χ4v) is 5.96. The van der Waals surface area contributed by atoms with E-state index in [2.05, 4.69) is 10.1 Å². The highest BCUT2D eigenvalue weighted by atomic mass is 35.5. The molecule has 0 atom stereocenters. The van der Waals surface area contributed by atoms with Crippen LogP contribution in [0.1, 0.15) is 48.1 Å². The van der Waals surface area contributed by atoms with Crippen LogP contribution in [-0.2, 0) is 22.7 Å². The first-order chi connectivity index (χ1) is 17.5. The van der Waals surface area contributed by atoms with E-state index in [1.807, 2.05) is 24.3 Å². The topological polar surface area (TPSA) is 77.2 Å². The lowest BCUT2D eigenvalue weighted by molar-refractivity contribution is -0.112. The van der Waals surface area contributed by atoms with Crippen molar-refractivity contribution >= 4 is 44.6 Å². The molecule has 0 unspecified atom stereocenters. The number of carbonyl (C=O) groups is 1. The van der Waals surface area contributed by atoms with Gasteiger partial charge in [0.15, 0.2) is 17.3 Å². The minimum atomic E-state index is -0.580. The minimum Gasteiger partial charge on any atom is -0.487 e. The highest BCUT2D eigenvalue weighted by Crippen LogP contribution is 2.36. The second kappa shape index (κ2) is 11.2. The molecule has 2 aliphatic heterocycles. The molecule has 0 bridgehead atoms. The summed E-state index contributed by atoms with van der Waals surface area (Å²) in [5.74, 6) is -0.361. The molecule has 0 radical (unpaired) electrons. The fourth-order valence-electron chi connectivity index (χ4n) is 4.49. The summed E-state index contributed by atoms with van der Waals surface area (Å²) in [5, 5.41) is 5.40. The van der Waals surface area contributed by atoms with E-state index in [0.717, 1.165) is 58.3 Å². The van der Waals surface area contributed by atoms with Crippen LogP contribution in [0, 0.1) is 5.82 Å². The summed E-state index contributed by atoms with van der Waals surface area (Å²) >= 11 is 7.39. The number of oxime groups is 1. The average Bonchev–Trinajstić information content (AvgIpc) is 3.37. The Labute approximate surface area is 218 Å². The molecule has 1 aromatic heterocycles. The lowest BCUT2D eigenvalue weighted by atomic mass is 10.1. The van der Waals surface area contributed by atoms with E-state index >= 15 is 0 Å². The van der Waals surface area contributed by atoms with Gasteiger partial charge in [-0.2, -0.15) is 0 Å². The lowest BCUT2D eigenvalue weighted by Gasteiger charge is -2.14. The molecule has 1 aliphatic carbocycles. The van der Waals surface area contributed by atoms with Crippen molar-refractivity contribution in [2.75, 3.05) is 19.6 Å². The number of amides is 1. The number of carbonyl (C=O) groups excluding carboxylic acids is 1. The molecule has 6 nitrogen and oxygen atoms in total. The maximum absolute atomic E-state index is 13.8. The van der Waals surface area contributed by atoms with E-state index < -0.39 is 5.91 Å². The van der Waals surface area contributed by atoms with E-state index in [0.29, 0.717) is 17.4 Å². The molecule has 3 heterocycles. The third-order valence-electron chi connectivity index (χ3n) is 6.52. The van der Waals surface area contributed by atoms with Crippen LogP contribution in [-0.4, -0.2) is 42.3 Å². The van der Waals surface area contributed by atoms with Crippen molar-refractivity contribution in [1.82, 2.24) is 4.90 Å². The summed E-state index contributed by atoms with van der Waals surface area (Å²) in [6, 6.07) is 11.0. The number of nitrogens with two attached hydrogens (primary N) is 1. The Morgan fingerprint density at radius 3 is 2.75 bits per heavy atom. The number of benzene rings is 2. The molecule has 0 spiro atoms. The number of halogens is 2. The van der Waals surface area contributed by atoms with Crippen molar-refractivity contribution in [3.8, 4) is 5.75 Å². The zero-order valence-electron chi connectivity index (χ0n) is 20.0. The van der Waals surface area contributed by atoms with Gasteiger partial charge in [-0.3, -0.25) is 4.79 Å². The largest absolute Gasteiger partial charge is 0.487 e. The quantitative estimate of drug-likeness (QED) is 0.428. The first-order valence-electron chi connectivity index (χ1n) is 12.4. The Morgan fingerprint density at radius 1 is 1.22 bits per heavy atom. The van der Waals surface area contributed by atoms with Gasteiger partial charge in [0, 0.05) is 15.3 Å². The van der Waals surface area contributed by atoms with Crippen molar-refractivity contribution in [2.45, 2.75) is 51.2 Å². The summed E-state index contributed by atoms with van der Waals surface area (Å²) in [7, 11) is 0. The normalized spacial score (nSPS) is 17.1. The van der Waals surface area contributed by atoms with Gasteiger partial charge in [0.05, 0.1) is 11.0 Å². The number of fused-ring (bicyclic) bond motifs is 3. The van der Waals surface area contributed by atoms with Crippen LogP contribution in [0.4, 0.5) is 4.39 Å². The maximum Gasteiger partial charge on any atom is 0.272 e. The van der Waals surface area contributed by atoms with Crippen LogP contribution < -0.4 is 10.5 Å². The van der Waals surface area contributed by atoms with Gasteiger partial charge >= 0.3 is 0 Å². The molecule has 36 heavy (non-hydrogen) atoms. The molecule has 1 amide bonds. The highest BCUT2D eigenvalue weighted by molar-refractivity contribution is 7.21. The van der Waals surface area contributed by atoms with Crippen LogP contribution in [0.3, 0.4) is 0 Å². The highest BCUT2D eigenvalue weighted by Gasteiger charge is 2.25. The van der Waals surface area contributed by atoms with Gasteiger partial charge in [0.1, 0.15) is 6.61 Å². The SMILES string of the molecule is Fc1cc(CCCN2CCCC2)ccc1OC1CC1.NC(=O)C1=NOCc2c1sc1cc(Cl)ccc21. The van der Waals surface area contributed by atoms with Gasteiger partial charge in [0.2, 0.25) is 0 Å². The van der Waals surface area contributed by atoms with Gasteiger partial charge in [-0.05, 0) is 93.4 Å². The first kappa shape index (κ1) is 25.0. The second-order valence-electron chi connectivity index (χ2n) is 9.36. The van der Waals surface area contributed by atoms with Gasteiger partial charge in [-0.1, -0.05) is 28.9 Å². The molecule has 6 rings (SSSR count). The molecule has 190 valence electrons. The molecule has 3 aromatic rings. The predicted molar refractivity (Wildman–Crippen MR) is 141 cm³/mol. The second-order valence-corrected chi connectivity index (χ2v) is 10.9. The monoisotopic (exact) mass is 529 g/mol. The minimum absolute atomic E-state index is 0.184. The fraction of sp³-hybridized carbons (Fsp3) is 0.407. The summed E-state index contributed by atoms with van der Waals surface area (Å²) in [4.78, 5) is 19.6. The maximum atomic E-state index is 13.8. The number of hydrogen-bond acceptors (Lipinski definition) is 6. The molecule has 3 aliphatic rings. The molecule has 1 saturated heterocycles. The van der Waals surface area contributed by atoms with E-state index in [-0.39, 0.29) is 17.6 Å². The Morgan fingerprint density at radius 2 is 2.03 bits per heavy atom. The number of likely N-dealkylation sites (tertiary alicyclic amines) is 1. The smallest absolute Gasteiger partial charge is 0.272 e. The standard InChI is InChI=1S/C16H22FNO.C11H7ClN2O2S/c17-15-12-13(4-3-11-18-9-1-2-10-18)5-8-16(15)19-14-6-7-14;12-5-1-2-6-7-4-16-14-9(11(13)15)10(7)17-8(6)3-5/h5,8,12,14H,1-4,6-7,9-11H2;1-3H,4H2,(H2,13,15). The molecular formula is C27H29ClFN3O3S. The number of ether oxygens (including phenoxy) is 1. The van der Waals surface area contributed by atoms with Crippen LogP contribution in [0.15, 0.2) is 41.6 Å². The van der Waals surface area contributed by atoms with Gasteiger partial charge in [-0.25, -0.2) is 4.39 Å². The Balaban J connectivity index is 0.000000149. The third kappa shape index (κ3) is 5.99. The van der Waals surface area contributed by atoms with Crippen molar-refractivity contribution in [3.63, 3.8) is 0 Å². The van der Waals surface area contributed by atoms with E-state index in [1.54, 1.807) is 12.1 Å². The van der Waals surface area contributed by atoms with Crippen molar-refractivity contribution in [2.24, 2.45) is 10.9 Å². The zero-order chi connectivity index (χ0) is 25.1. The van der Waals surface area contributed by atoms with Crippen LogP contribution in [0.25, 0.3) is 10.1 Å². The van der Waals surface area contributed by atoms with Gasteiger partial charge in [0.25, 0.3) is 5.91 Å². The third-order valence-corrected chi connectivity index (χ3v) is 7.96. The molecule has 9 heteroatoms. The van der Waals surface area contributed by atoms with Crippen LogP contribution in [0.5, 0.6) is 5.75 Å². The molecule has 2 N–H and O–H groups in total. The first-order valence-corrected chi connectivity index (χ1v) is 13.6. The van der Waals surface area contributed by atoms with Crippen LogP contribution >= 0.6 is 22.9 Å². The predicted octanol–water partition coefficient (Wildman–Crippen LogP) is 5.67. The van der Waals surface area contributed by atoms with Crippen molar-refractivity contribution < 1.29 is 18.8 Å². The number of primary amides is 1. The van der Waals surface area contributed by atoms with Crippen molar-refractivity contribution in [1.29, 1.82) is 0 Å². The van der Waals surface area contributed by atoms with Gasteiger partial charge in [-0.15, -0.1) is 11.3 Å². The Kier molecular flexibility index (Phi) is 7.74. The van der Waals surface area contributed by atoms with E-state index in [9.17, 15) is 9.18 Å². The van der Waals surface area contributed by atoms with Crippen LogP contribution in [0.2, 0.25) is 5.02 Å². The molecule has 2 aromatic carbocycles.